The Kier molecular flexibility index (Phi) is 4.10. The number of thiazole rings is 1. The zero-order chi connectivity index (χ0) is 16.7. The number of hydrogen-bond acceptors (Lipinski definition) is 5. The SMILES string of the molecule is Cc1cc(C)n2ncc(CN3CCCC(c4ncc(C)s4)C3)c2n1. The van der Waals surface area contributed by atoms with Crippen LogP contribution in [0.3, 0.4) is 0 Å². The Morgan fingerprint density at radius 2 is 2.12 bits per heavy atom. The summed E-state index contributed by atoms with van der Waals surface area (Å²) >= 11 is 1.84. The first-order valence-electron chi connectivity index (χ1n) is 8.55. The molecule has 3 aromatic heterocycles. The topological polar surface area (TPSA) is 46.3 Å². The second-order valence-corrected chi connectivity index (χ2v) is 8.09. The number of piperidine rings is 1. The minimum atomic E-state index is 0.565. The first kappa shape index (κ1) is 15.7. The highest BCUT2D eigenvalue weighted by Gasteiger charge is 2.24. The molecular weight excluding hydrogens is 318 g/mol. The molecule has 0 spiro atoms. The summed E-state index contributed by atoms with van der Waals surface area (Å²) in [5.41, 5.74) is 4.41. The second kappa shape index (κ2) is 6.26. The highest BCUT2D eigenvalue weighted by atomic mass is 32.1. The van der Waals surface area contributed by atoms with Crippen LogP contribution in [0.4, 0.5) is 0 Å². The van der Waals surface area contributed by atoms with Gasteiger partial charge in [0.15, 0.2) is 5.65 Å². The summed E-state index contributed by atoms with van der Waals surface area (Å²) in [6.07, 6.45) is 6.45. The third-order valence-corrected chi connectivity index (χ3v) is 5.81. The molecule has 4 rings (SSSR count). The van der Waals surface area contributed by atoms with Crippen LogP contribution in [-0.4, -0.2) is 37.6 Å². The van der Waals surface area contributed by atoms with Crippen molar-refractivity contribution >= 4 is 17.0 Å². The van der Waals surface area contributed by atoms with Crippen molar-refractivity contribution in [3.8, 4) is 0 Å². The summed E-state index contributed by atoms with van der Waals surface area (Å²) in [4.78, 5) is 13.1. The number of likely N-dealkylation sites (tertiary alicyclic amines) is 1. The van der Waals surface area contributed by atoms with Crippen molar-refractivity contribution in [3.05, 3.63) is 45.3 Å². The van der Waals surface area contributed by atoms with E-state index in [2.05, 4.69) is 34.9 Å². The average Bonchev–Trinajstić information content (AvgIpc) is 3.15. The smallest absolute Gasteiger partial charge is 0.159 e. The lowest BCUT2D eigenvalue weighted by atomic mass is 9.98. The molecule has 1 saturated heterocycles. The molecule has 6 heteroatoms. The van der Waals surface area contributed by atoms with E-state index in [1.165, 1.54) is 28.3 Å². The van der Waals surface area contributed by atoms with E-state index in [0.29, 0.717) is 5.92 Å². The largest absolute Gasteiger partial charge is 0.298 e. The molecule has 1 aliphatic rings. The van der Waals surface area contributed by atoms with Gasteiger partial charge in [0.05, 0.1) is 11.2 Å². The molecule has 0 bridgehead atoms. The van der Waals surface area contributed by atoms with Crippen molar-refractivity contribution in [1.82, 2.24) is 24.5 Å². The Balaban J connectivity index is 1.55. The highest BCUT2D eigenvalue weighted by Crippen LogP contribution is 2.30. The molecule has 1 atom stereocenters. The van der Waals surface area contributed by atoms with E-state index in [1.807, 2.05) is 35.2 Å². The van der Waals surface area contributed by atoms with Gasteiger partial charge >= 0.3 is 0 Å². The van der Waals surface area contributed by atoms with Gasteiger partial charge in [-0.3, -0.25) is 4.90 Å². The molecule has 0 aliphatic carbocycles. The normalized spacial score (nSPS) is 19.2. The van der Waals surface area contributed by atoms with E-state index in [1.54, 1.807) is 0 Å². The summed E-state index contributed by atoms with van der Waals surface area (Å²) in [6, 6.07) is 2.07. The minimum Gasteiger partial charge on any atom is -0.298 e. The molecule has 0 N–H and O–H groups in total. The minimum absolute atomic E-state index is 0.565. The summed E-state index contributed by atoms with van der Waals surface area (Å²) in [5.74, 6) is 0.565. The standard InChI is InChI=1S/C18H23N5S/c1-12-7-13(2)23-17(21-12)16(9-20-23)11-22-6-4-5-15(10-22)18-19-8-14(3)24-18/h7-9,15H,4-6,10-11H2,1-3H3. The predicted octanol–water partition coefficient (Wildman–Crippen LogP) is 3.49. The van der Waals surface area contributed by atoms with Gasteiger partial charge in [0.25, 0.3) is 0 Å². The Morgan fingerprint density at radius 1 is 1.25 bits per heavy atom. The van der Waals surface area contributed by atoms with Crippen LogP contribution in [0.5, 0.6) is 0 Å². The molecular formula is C18H23N5S. The van der Waals surface area contributed by atoms with E-state index in [4.69, 9.17) is 4.98 Å². The van der Waals surface area contributed by atoms with Crippen molar-refractivity contribution in [3.63, 3.8) is 0 Å². The monoisotopic (exact) mass is 341 g/mol. The summed E-state index contributed by atoms with van der Waals surface area (Å²) < 4.78 is 1.95. The molecule has 0 saturated carbocycles. The molecule has 1 fully saturated rings. The van der Waals surface area contributed by atoms with Gasteiger partial charge in [-0.25, -0.2) is 14.5 Å². The molecule has 3 aromatic rings. The van der Waals surface area contributed by atoms with Gasteiger partial charge in [-0.15, -0.1) is 11.3 Å². The van der Waals surface area contributed by atoms with Crippen molar-refractivity contribution in [2.75, 3.05) is 13.1 Å². The second-order valence-electron chi connectivity index (χ2n) is 6.83. The Morgan fingerprint density at radius 3 is 2.92 bits per heavy atom. The lowest BCUT2D eigenvalue weighted by Gasteiger charge is -2.31. The fraction of sp³-hybridized carbons (Fsp3) is 0.500. The van der Waals surface area contributed by atoms with Crippen molar-refractivity contribution in [2.45, 2.75) is 46.1 Å². The molecule has 0 radical (unpaired) electrons. The zero-order valence-electron chi connectivity index (χ0n) is 14.5. The van der Waals surface area contributed by atoms with Crippen LogP contribution in [0.2, 0.25) is 0 Å². The third kappa shape index (κ3) is 2.96. The summed E-state index contributed by atoms with van der Waals surface area (Å²) in [6.45, 7) is 9.40. The Hall–Kier alpha value is -1.79. The van der Waals surface area contributed by atoms with Crippen LogP contribution in [0.15, 0.2) is 18.5 Å². The number of aryl methyl sites for hydroxylation is 3. The van der Waals surface area contributed by atoms with Crippen molar-refractivity contribution in [2.24, 2.45) is 0 Å². The van der Waals surface area contributed by atoms with E-state index in [0.717, 1.165) is 36.7 Å². The van der Waals surface area contributed by atoms with Gasteiger partial charge in [0.1, 0.15) is 0 Å². The fourth-order valence-electron chi connectivity index (χ4n) is 3.63. The highest BCUT2D eigenvalue weighted by molar-refractivity contribution is 7.11. The van der Waals surface area contributed by atoms with E-state index < -0.39 is 0 Å². The van der Waals surface area contributed by atoms with Crippen LogP contribution in [0, 0.1) is 20.8 Å². The molecule has 24 heavy (non-hydrogen) atoms. The van der Waals surface area contributed by atoms with Gasteiger partial charge < -0.3 is 0 Å². The Labute approximate surface area is 146 Å². The predicted molar refractivity (Wildman–Crippen MR) is 96.6 cm³/mol. The fourth-order valence-corrected chi connectivity index (χ4v) is 4.53. The van der Waals surface area contributed by atoms with Crippen LogP contribution in [-0.2, 0) is 6.54 Å². The maximum absolute atomic E-state index is 4.71. The molecule has 126 valence electrons. The number of aromatic nitrogens is 4. The lowest BCUT2D eigenvalue weighted by Crippen LogP contribution is -2.33. The summed E-state index contributed by atoms with van der Waals surface area (Å²) in [5, 5.41) is 5.82. The van der Waals surface area contributed by atoms with Gasteiger partial charge in [-0.1, -0.05) is 0 Å². The van der Waals surface area contributed by atoms with E-state index >= 15 is 0 Å². The molecule has 5 nitrogen and oxygen atoms in total. The third-order valence-electron chi connectivity index (χ3n) is 4.74. The molecule has 1 unspecified atom stereocenters. The maximum atomic E-state index is 4.71. The maximum Gasteiger partial charge on any atom is 0.159 e. The van der Waals surface area contributed by atoms with Gasteiger partial charge in [-0.2, -0.15) is 5.10 Å². The van der Waals surface area contributed by atoms with Gasteiger partial charge in [-0.05, 0) is 46.2 Å². The van der Waals surface area contributed by atoms with Gasteiger partial charge in [0, 0.05) is 47.0 Å². The first-order chi connectivity index (χ1) is 11.6. The molecule has 1 aliphatic heterocycles. The average molecular weight is 341 g/mol. The number of nitrogens with zero attached hydrogens (tertiary/aromatic N) is 5. The Bertz CT molecular complexity index is 866. The quantitative estimate of drug-likeness (QED) is 0.731. The van der Waals surface area contributed by atoms with Crippen LogP contribution in [0.25, 0.3) is 5.65 Å². The molecule has 4 heterocycles. The van der Waals surface area contributed by atoms with E-state index in [9.17, 15) is 0 Å². The molecule has 0 amide bonds. The van der Waals surface area contributed by atoms with Crippen molar-refractivity contribution in [1.29, 1.82) is 0 Å². The van der Waals surface area contributed by atoms with Crippen molar-refractivity contribution < 1.29 is 0 Å². The lowest BCUT2D eigenvalue weighted by molar-refractivity contribution is 0.200. The van der Waals surface area contributed by atoms with Crippen LogP contribution in [0.1, 0.15) is 45.6 Å². The number of rotatable bonds is 3. The summed E-state index contributed by atoms with van der Waals surface area (Å²) in [7, 11) is 0. The van der Waals surface area contributed by atoms with Crippen LogP contribution < -0.4 is 0 Å². The first-order valence-corrected chi connectivity index (χ1v) is 9.37. The number of hydrogen-bond donors (Lipinski definition) is 0. The van der Waals surface area contributed by atoms with Crippen LogP contribution >= 0.6 is 11.3 Å². The zero-order valence-corrected chi connectivity index (χ0v) is 15.3. The molecule has 0 aromatic carbocycles. The number of fused-ring (bicyclic) bond motifs is 1. The van der Waals surface area contributed by atoms with E-state index in [-0.39, 0.29) is 0 Å². The van der Waals surface area contributed by atoms with Gasteiger partial charge in [0.2, 0.25) is 0 Å².